The first-order chi connectivity index (χ1) is 6.05. The Balaban J connectivity index is 2.81. The largest absolute Gasteiger partial charge is 0.409 e. The zero-order valence-electron chi connectivity index (χ0n) is 6.70. The molecule has 1 atom stereocenters. The predicted octanol–water partition coefficient (Wildman–Crippen LogP) is 1.37. The van der Waals surface area contributed by atoms with Gasteiger partial charge in [0.1, 0.15) is 6.04 Å². The van der Waals surface area contributed by atoms with Crippen LogP contribution >= 0.6 is 0 Å². The van der Waals surface area contributed by atoms with Crippen molar-refractivity contribution in [1.29, 1.82) is 0 Å². The van der Waals surface area contributed by atoms with Crippen molar-refractivity contribution >= 4 is 0 Å². The van der Waals surface area contributed by atoms with Crippen LogP contribution in [0.3, 0.4) is 0 Å². The van der Waals surface area contributed by atoms with Crippen LogP contribution in [-0.2, 0) is 0 Å². The van der Waals surface area contributed by atoms with Crippen molar-refractivity contribution in [3.8, 4) is 0 Å². The number of aliphatic hydroxyl groups excluding tert-OH is 1. The monoisotopic (exact) mass is 194 g/mol. The smallest absolute Gasteiger partial charge is 0.396 e. The Hall–Kier alpha value is -1.04. The SMILES string of the molecule is OCCC(n1ccnc1)C(F)(F)F. The Bertz CT molecular complexity index is 245. The van der Waals surface area contributed by atoms with Gasteiger partial charge in [0, 0.05) is 25.4 Å². The Labute approximate surface area is 72.8 Å². The zero-order valence-corrected chi connectivity index (χ0v) is 6.70. The normalized spacial score (nSPS) is 14.5. The number of alkyl halides is 3. The van der Waals surface area contributed by atoms with E-state index in [1.807, 2.05) is 0 Å². The summed E-state index contributed by atoms with van der Waals surface area (Å²) in [5.74, 6) is 0. The molecular weight excluding hydrogens is 185 g/mol. The van der Waals surface area contributed by atoms with Crippen molar-refractivity contribution in [2.24, 2.45) is 0 Å². The number of aliphatic hydroxyl groups is 1. The van der Waals surface area contributed by atoms with E-state index in [-0.39, 0.29) is 6.42 Å². The van der Waals surface area contributed by atoms with Crippen LogP contribution in [0, 0.1) is 0 Å². The van der Waals surface area contributed by atoms with Crippen LogP contribution in [0.15, 0.2) is 18.7 Å². The second-order valence-corrected chi connectivity index (χ2v) is 2.58. The number of aromatic nitrogens is 2. The highest BCUT2D eigenvalue weighted by atomic mass is 19.4. The zero-order chi connectivity index (χ0) is 9.90. The van der Waals surface area contributed by atoms with Gasteiger partial charge in [-0.2, -0.15) is 13.2 Å². The quantitative estimate of drug-likeness (QED) is 0.789. The molecule has 1 aromatic rings. The molecule has 0 aromatic carbocycles. The lowest BCUT2D eigenvalue weighted by atomic mass is 10.2. The molecule has 1 aromatic heterocycles. The molecule has 0 radical (unpaired) electrons. The lowest BCUT2D eigenvalue weighted by Gasteiger charge is -2.20. The van der Waals surface area contributed by atoms with Gasteiger partial charge in [-0.3, -0.25) is 0 Å². The second-order valence-electron chi connectivity index (χ2n) is 2.58. The van der Waals surface area contributed by atoms with Gasteiger partial charge in [-0.25, -0.2) is 4.98 Å². The number of halogens is 3. The van der Waals surface area contributed by atoms with Crippen molar-refractivity contribution < 1.29 is 18.3 Å². The molecule has 0 aliphatic rings. The van der Waals surface area contributed by atoms with Crippen LogP contribution in [0.5, 0.6) is 0 Å². The highest BCUT2D eigenvalue weighted by molar-refractivity contribution is 4.84. The maximum atomic E-state index is 12.3. The number of imidazole rings is 1. The van der Waals surface area contributed by atoms with Crippen molar-refractivity contribution in [2.75, 3.05) is 6.61 Å². The maximum absolute atomic E-state index is 12.3. The highest BCUT2D eigenvalue weighted by Crippen LogP contribution is 2.32. The fourth-order valence-corrected chi connectivity index (χ4v) is 1.06. The summed E-state index contributed by atoms with van der Waals surface area (Å²) in [6.07, 6.45) is -1.10. The fraction of sp³-hybridized carbons (Fsp3) is 0.571. The Morgan fingerprint density at radius 3 is 2.54 bits per heavy atom. The van der Waals surface area contributed by atoms with E-state index in [2.05, 4.69) is 4.98 Å². The Kier molecular flexibility index (Phi) is 2.92. The first kappa shape index (κ1) is 10.0. The highest BCUT2D eigenvalue weighted by Gasteiger charge is 2.40. The first-order valence-electron chi connectivity index (χ1n) is 3.70. The molecule has 0 aliphatic heterocycles. The average Bonchev–Trinajstić information content (AvgIpc) is 2.49. The third kappa shape index (κ3) is 2.45. The third-order valence-electron chi connectivity index (χ3n) is 1.67. The summed E-state index contributed by atoms with van der Waals surface area (Å²) in [5, 5.41) is 8.47. The van der Waals surface area contributed by atoms with Gasteiger partial charge in [0.25, 0.3) is 0 Å². The van der Waals surface area contributed by atoms with E-state index in [9.17, 15) is 13.2 Å². The third-order valence-corrected chi connectivity index (χ3v) is 1.67. The molecule has 13 heavy (non-hydrogen) atoms. The predicted molar refractivity (Wildman–Crippen MR) is 39.0 cm³/mol. The van der Waals surface area contributed by atoms with E-state index in [1.54, 1.807) is 0 Å². The standard InChI is InChI=1S/C7H9F3N2O/c8-7(9,10)6(1-4-13)12-3-2-11-5-12/h2-3,5-6,13H,1,4H2. The minimum absolute atomic E-state index is 0.347. The van der Waals surface area contributed by atoms with Gasteiger partial charge in [0.2, 0.25) is 0 Å². The fourth-order valence-electron chi connectivity index (χ4n) is 1.06. The lowest BCUT2D eigenvalue weighted by molar-refractivity contribution is -0.171. The molecule has 1 rings (SSSR count). The van der Waals surface area contributed by atoms with Crippen LogP contribution < -0.4 is 0 Å². The molecule has 0 saturated carbocycles. The Morgan fingerprint density at radius 2 is 2.15 bits per heavy atom. The van der Waals surface area contributed by atoms with Crippen LogP contribution in [0.4, 0.5) is 13.2 Å². The van der Waals surface area contributed by atoms with E-state index in [0.717, 1.165) is 10.9 Å². The average molecular weight is 194 g/mol. The molecule has 1 heterocycles. The molecule has 74 valence electrons. The maximum Gasteiger partial charge on any atom is 0.409 e. The number of nitrogens with zero attached hydrogens (tertiary/aromatic N) is 2. The van der Waals surface area contributed by atoms with E-state index < -0.39 is 18.8 Å². The minimum atomic E-state index is -4.34. The molecule has 0 aliphatic carbocycles. The lowest BCUT2D eigenvalue weighted by Crippen LogP contribution is -2.26. The van der Waals surface area contributed by atoms with E-state index in [1.165, 1.54) is 12.4 Å². The van der Waals surface area contributed by atoms with Gasteiger partial charge in [-0.1, -0.05) is 0 Å². The minimum Gasteiger partial charge on any atom is -0.396 e. The van der Waals surface area contributed by atoms with Crippen molar-refractivity contribution in [1.82, 2.24) is 9.55 Å². The van der Waals surface area contributed by atoms with Crippen molar-refractivity contribution in [3.63, 3.8) is 0 Å². The Morgan fingerprint density at radius 1 is 1.46 bits per heavy atom. The van der Waals surface area contributed by atoms with Crippen LogP contribution in [-0.4, -0.2) is 27.4 Å². The summed E-state index contributed by atoms with van der Waals surface area (Å²) in [4.78, 5) is 3.52. The molecule has 1 unspecified atom stereocenters. The van der Waals surface area contributed by atoms with Gasteiger partial charge in [0.15, 0.2) is 0 Å². The molecule has 0 bridgehead atoms. The molecule has 6 heteroatoms. The molecule has 0 fully saturated rings. The summed E-state index contributed by atoms with van der Waals surface area (Å²) in [6, 6.07) is -1.68. The van der Waals surface area contributed by atoms with Crippen LogP contribution in [0.25, 0.3) is 0 Å². The van der Waals surface area contributed by atoms with Crippen molar-refractivity contribution in [2.45, 2.75) is 18.6 Å². The second kappa shape index (κ2) is 3.78. The molecule has 0 amide bonds. The number of rotatable bonds is 3. The number of hydrogen-bond donors (Lipinski definition) is 1. The molecule has 0 saturated heterocycles. The topological polar surface area (TPSA) is 38.0 Å². The summed E-state index contributed by atoms with van der Waals surface area (Å²) in [5.41, 5.74) is 0. The van der Waals surface area contributed by atoms with Crippen LogP contribution in [0.2, 0.25) is 0 Å². The summed E-state index contributed by atoms with van der Waals surface area (Å²) < 4.78 is 37.9. The summed E-state index contributed by atoms with van der Waals surface area (Å²) in [6.45, 7) is -0.498. The first-order valence-corrected chi connectivity index (χ1v) is 3.70. The van der Waals surface area contributed by atoms with Gasteiger partial charge in [-0.15, -0.1) is 0 Å². The summed E-state index contributed by atoms with van der Waals surface area (Å²) in [7, 11) is 0. The van der Waals surface area contributed by atoms with Crippen LogP contribution in [0.1, 0.15) is 12.5 Å². The van der Waals surface area contributed by atoms with Gasteiger partial charge < -0.3 is 9.67 Å². The van der Waals surface area contributed by atoms with Crippen molar-refractivity contribution in [3.05, 3.63) is 18.7 Å². The molecule has 1 N–H and O–H groups in total. The summed E-state index contributed by atoms with van der Waals surface area (Å²) >= 11 is 0. The molecular formula is C7H9F3N2O. The van der Waals surface area contributed by atoms with E-state index >= 15 is 0 Å². The number of hydrogen-bond acceptors (Lipinski definition) is 2. The van der Waals surface area contributed by atoms with E-state index in [4.69, 9.17) is 5.11 Å². The van der Waals surface area contributed by atoms with Gasteiger partial charge in [-0.05, 0) is 0 Å². The molecule has 3 nitrogen and oxygen atoms in total. The molecule has 0 spiro atoms. The van der Waals surface area contributed by atoms with E-state index in [0.29, 0.717) is 0 Å². The van der Waals surface area contributed by atoms with Gasteiger partial charge in [0.05, 0.1) is 6.33 Å². The van der Waals surface area contributed by atoms with Gasteiger partial charge >= 0.3 is 6.18 Å².